The highest BCUT2D eigenvalue weighted by molar-refractivity contribution is 6.13. The quantitative estimate of drug-likeness (QED) is 0.169. The van der Waals surface area contributed by atoms with Crippen LogP contribution in [0.1, 0.15) is 5.56 Å². The molecule has 0 amide bonds. The lowest BCUT2D eigenvalue weighted by molar-refractivity contribution is 1.16. The molecular weight excluding hydrogens is 671 g/mol. The van der Waals surface area contributed by atoms with Gasteiger partial charge in [-0.05, 0) is 72.8 Å². The molecule has 11 aromatic rings. The van der Waals surface area contributed by atoms with Crippen LogP contribution in [0.25, 0.3) is 98.5 Å². The number of nitrogens with zero attached hydrogens (tertiary/aromatic N) is 5. The van der Waals surface area contributed by atoms with Gasteiger partial charge in [-0.15, -0.1) is 0 Å². The molecule has 5 heteroatoms. The van der Waals surface area contributed by atoms with Crippen molar-refractivity contribution in [2.75, 3.05) is 0 Å². The predicted octanol–water partition coefficient (Wildman–Crippen LogP) is 13.1. The van der Waals surface area contributed by atoms with Crippen molar-refractivity contribution in [2.24, 2.45) is 0 Å². The van der Waals surface area contributed by atoms with Crippen LogP contribution in [0.15, 0.2) is 176 Å². The molecule has 11 rings (SSSR count). The lowest BCUT2D eigenvalue weighted by Crippen LogP contribution is -2.00. The van der Waals surface area contributed by atoms with Crippen molar-refractivity contribution in [3.63, 3.8) is 0 Å². The third-order valence-corrected chi connectivity index (χ3v) is 11.1. The molecule has 0 atom stereocenters. The minimum atomic E-state index is 0.587. The molecule has 0 aliphatic heterocycles. The van der Waals surface area contributed by atoms with Crippen molar-refractivity contribution in [1.29, 1.82) is 5.26 Å². The highest BCUT2D eigenvalue weighted by Crippen LogP contribution is 2.41. The average molecular weight is 700 g/mol. The summed E-state index contributed by atoms with van der Waals surface area (Å²) in [5, 5.41) is 17.5. The first kappa shape index (κ1) is 30.7. The van der Waals surface area contributed by atoms with E-state index in [0.717, 1.165) is 71.8 Å². The summed E-state index contributed by atoms with van der Waals surface area (Å²) in [5.74, 6) is 0. The zero-order valence-electron chi connectivity index (χ0n) is 29.5. The van der Waals surface area contributed by atoms with Gasteiger partial charge in [0, 0.05) is 60.3 Å². The van der Waals surface area contributed by atoms with Crippen molar-refractivity contribution in [1.82, 2.24) is 13.7 Å². The molecule has 3 aromatic heterocycles. The van der Waals surface area contributed by atoms with Crippen LogP contribution in [0.2, 0.25) is 0 Å². The molecule has 0 aliphatic carbocycles. The van der Waals surface area contributed by atoms with Gasteiger partial charge < -0.3 is 13.7 Å². The van der Waals surface area contributed by atoms with E-state index in [2.05, 4.69) is 152 Å². The number of rotatable bonds is 4. The number of aromatic nitrogens is 3. The van der Waals surface area contributed by atoms with Crippen LogP contribution in [-0.4, -0.2) is 13.7 Å². The standard InChI is InChI=1S/C50H29N5/c1-52-33-23-26-41-38-14-4-9-19-46(38)54(50(41)28-33)34-24-22-32(31-51)42(29-34)39-15-5-10-20-47(39)55-48-21-11-6-16-40(48)43-30-35(25-27-49(43)55)53-44-17-7-2-12-36(44)37-13-3-8-18-45(37)53/h2-30H. The largest absolute Gasteiger partial charge is 0.310 e. The van der Waals surface area contributed by atoms with Gasteiger partial charge >= 0.3 is 0 Å². The molecule has 55 heavy (non-hydrogen) atoms. The van der Waals surface area contributed by atoms with E-state index in [1.807, 2.05) is 48.5 Å². The van der Waals surface area contributed by atoms with Crippen molar-refractivity contribution < 1.29 is 0 Å². The Morgan fingerprint density at radius 1 is 0.400 bits per heavy atom. The topological polar surface area (TPSA) is 42.9 Å². The maximum atomic E-state index is 10.6. The van der Waals surface area contributed by atoms with E-state index in [0.29, 0.717) is 11.3 Å². The summed E-state index contributed by atoms with van der Waals surface area (Å²) < 4.78 is 6.92. The van der Waals surface area contributed by atoms with E-state index in [9.17, 15) is 5.26 Å². The summed E-state index contributed by atoms with van der Waals surface area (Å²) >= 11 is 0. The van der Waals surface area contributed by atoms with Crippen LogP contribution >= 0.6 is 0 Å². The number of hydrogen-bond donors (Lipinski definition) is 0. The molecule has 0 saturated heterocycles. The second kappa shape index (κ2) is 11.8. The van der Waals surface area contributed by atoms with Gasteiger partial charge in [0.2, 0.25) is 0 Å². The Bertz CT molecular complexity index is 3420. The first-order valence-corrected chi connectivity index (χ1v) is 18.3. The molecule has 8 aromatic carbocycles. The SMILES string of the molecule is [C-]#[N+]c1ccc2c3ccccc3n(-c3ccc(C#N)c(-c4ccccc4-n4c5ccccc5c5cc(-n6c7ccccc7c7ccccc76)ccc54)c3)c2c1. The number of para-hydroxylation sites is 5. The number of fused-ring (bicyclic) bond motifs is 9. The van der Waals surface area contributed by atoms with Crippen LogP contribution in [0.3, 0.4) is 0 Å². The van der Waals surface area contributed by atoms with Crippen molar-refractivity contribution >= 4 is 71.1 Å². The van der Waals surface area contributed by atoms with Gasteiger partial charge in [0.05, 0.1) is 51.5 Å². The maximum Gasteiger partial charge on any atom is 0.189 e. The molecule has 0 N–H and O–H groups in total. The fraction of sp³-hybridized carbons (Fsp3) is 0. The Morgan fingerprint density at radius 2 is 0.891 bits per heavy atom. The molecular formula is C50H29N5. The zero-order valence-corrected chi connectivity index (χ0v) is 29.5. The predicted molar refractivity (Wildman–Crippen MR) is 226 cm³/mol. The fourth-order valence-electron chi connectivity index (χ4n) is 8.75. The molecule has 0 radical (unpaired) electrons. The normalized spacial score (nSPS) is 11.6. The molecule has 0 aliphatic rings. The molecule has 0 spiro atoms. The summed E-state index contributed by atoms with van der Waals surface area (Å²) in [5.41, 5.74) is 12.5. The second-order valence-corrected chi connectivity index (χ2v) is 13.9. The minimum Gasteiger partial charge on any atom is -0.310 e. The van der Waals surface area contributed by atoms with E-state index in [-0.39, 0.29) is 0 Å². The minimum absolute atomic E-state index is 0.587. The Hall–Kier alpha value is -7.86. The van der Waals surface area contributed by atoms with Crippen LogP contribution < -0.4 is 0 Å². The highest BCUT2D eigenvalue weighted by atomic mass is 15.0. The fourth-order valence-corrected chi connectivity index (χ4v) is 8.75. The van der Waals surface area contributed by atoms with Crippen molar-refractivity contribution in [3.8, 4) is 34.3 Å². The van der Waals surface area contributed by atoms with E-state index in [1.54, 1.807) is 0 Å². The van der Waals surface area contributed by atoms with Crippen molar-refractivity contribution in [2.45, 2.75) is 0 Å². The lowest BCUT2D eigenvalue weighted by Gasteiger charge is -2.17. The summed E-state index contributed by atoms with van der Waals surface area (Å²) in [6.45, 7) is 7.72. The summed E-state index contributed by atoms with van der Waals surface area (Å²) in [6, 6.07) is 63.7. The lowest BCUT2D eigenvalue weighted by atomic mass is 9.97. The molecule has 0 unspecified atom stereocenters. The van der Waals surface area contributed by atoms with Crippen LogP contribution in [0.5, 0.6) is 0 Å². The first-order valence-electron chi connectivity index (χ1n) is 18.3. The second-order valence-electron chi connectivity index (χ2n) is 13.9. The van der Waals surface area contributed by atoms with Crippen LogP contribution in [-0.2, 0) is 0 Å². The third-order valence-electron chi connectivity index (χ3n) is 11.1. The smallest absolute Gasteiger partial charge is 0.189 e. The van der Waals surface area contributed by atoms with E-state index >= 15 is 0 Å². The molecule has 5 nitrogen and oxygen atoms in total. The highest BCUT2D eigenvalue weighted by Gasteiger charge is 2.20. The van der Waals surface area contributed by atoms with Gasteiger partial charge in [-0.3, -0.25) is 0 Å². The Labute approximate surface area is 316 Å². The summed E-state index contributed by atoms with van der Waals surface area (Å²) in [7, 11) is 0. The molecule has 0 fully saturated rings. The molecule has 0 bridgehead atoms. The number of hydrogen-bond acceptors (Lipinski definition) is 1. The van der Waals surface area contributed by atoms with Gasteiger partial charge in [-0.2, -0.15) is 5.26 Å². The van der Waals surface area contributed by atoms with Crippen molar-refractivity contribution in [3.05, 3.63) is 193 Å². The van der Waals surface area contributed by atoms with E-state index in [4.69, 9.17) is 6.57 Å². The van der Waals surface area contributed by atoms with Crippen LogP contribution in [0.4, 0.5) is 5.69 Å². The maximum absolute atomic E-state index is 10.6. The van der Waals surface area contributed by atoms with Gasteiger partial charge in [0.1, 0.15) is 0 Å². The third kappa shape index (κ3) is 4.45. The molecule has 254 valence electrons. The van der Waals surface area contributed by atoms with Crippen LogP contribution in [0, 0.1) is 17.9 Å². The Balaban J connectivity index is 1.15. The Morgan fingerprint density at radius 3 is 1.53 bits per heavy atom. The monoisotopic (exact) mass is 699 g/mol. The number of benzene rings is 8. The Kier molecular flexibility index (Phi) is 6.61. The average Bonchev–Trinajstić information content (AvgIpc) is 3.88. The van der Waals surface area contributed by atoms with E-state index in [1.165, 1.54) is 21.8 Å². The van der Waals surface area contributed by atoms with Gasteiger partial charge in [0.15, 0.2) is 5.69 Å². The molecule has 0 saturated carbocycles. The van der Waals surface area contributed by atoms with Gasteiger partial charge in [-0.1, -0.05) is 103 Å². The zero-order chi connectivity index (χ0) is 36.6. The summed E-state index contributed by atoms with van der Waals surface area (Å²) in [4.78, 5) is 3.74. The first-order chi connectivity index (χ1) is 27.2. The van der Waals surface area contributed by atoms with Gasteiger partial charge in [-0.25, -0.2) is 4.85 Å². The van der Waals surface area contributed by atoms with Gasteiger partial charge in [0.25, 0.3) is 0 Å². The summed E-state index contributed by atoms with van der Waals surface area (Å²) in [6.07, 6.45) is 0. The molecule has 3 heterocycles. The van der Waals surface area contributed by atoms with E-state index < -0.39 is 0 Å². The number of nitriles is 1.